The van der Waals surface area contributed by atoms with Crippen LogP contribution in [0.4, 0.5) is 18.9 Å². The molecule has 0 bridgehead atoms. The number of piperidine rings is 1. The number of alkyl halides is 3. The number of anilines is 1. The lowest BCUT2D eigenvalue weighted by Gasteiger charge is -2.31. The predicted octanol–water partition coefficient (Wildman–Crippen LogP) is 1.86. The van der Waals surface area contributed by atoms with E-state index >= 15 is 0 Å². The minimum atomic E-state index is -4.47. The van der Waals surface area contributed by atoms with Gasteiger partial charge in [-0.05, 0) is 26.7 Å². The van der Waals surface area contributed by atoms with Gasteiger partial charge in [0.25, 0.3) is 5.56 Å². The second kappa shape index (κ2) is 11.6. The summed E-state index contributed by atoms with van der Waals surface area (Å²) in [5.74, 6) is 0.169. The maximum atomic E-state index is 12.7. The molecule has 10 nitrogen and oxygen atoms in total. The summed E-state index contributed by atoms with van der Waals surface area (Å²) in [6.45, 7) is 4.41. The van der Waals surface area contributed by atoms with E-state index in [1.165, 1.54) is 6.20 Å². The van der Waals surface area contributed by atoms with Crippen LogP contribution in [0.2, 0.25) is 0 Å². The van der Waals surface area contributed by atoms with Crippen molar-refractivity contribution in [1.29, 1.82) is 0 Å². The van der Waals surface area contributed by atoms with Crippen LogP contribution >= 0.6 is 0 Å². The normalized spacial score (nSPS) is 16.7. The second-order valence-electron chi connectivity index (χ2n) is 8.54. The number of hydrogen-bond donors (Lipinski definition) is 3. The number of halogens is 3. The number of carbonyl (C=O) groups excluding carboxylic acids is 1. The predicted molar refractivity (Wildman–Crippen MR) is 120 cm³/mol. The Kier molecular flexibility index (Phi) is 8.78. The van der Waals surface area contributed by atoms with Crippen molar-refractivity contribution >= 4 is 11.6 Å². The Bertz CT molecular complexity index is 1040. The fourth-order valence-electron chi connectivity index (χ4n) is 3.72. The van der Waals surface area contributed by atoms with E-state index in [9.17, 15) is 27.9 Å². The van der Waals surface area contributed by atoms with E-state index < -0.39 is 23.9 Å². The minimum Gasteiger partial charge on any atom is -0.391 e. The average Bonchev–Trinajstić information content (AvgIpc) is 2.83. The lowest BCUT2D eigenvalue weighted by Crippen LogP contribution is -2.39. The molecule has 1 aliphatic heterocycles. The molecular weight excluding hydrogens is 469 g/mol. The molecule has 1 aliphatic rings. The SMILES string of the molecule is Cc1c(N[C@H](COCCC(=O)N2CCC(c3ncc(C(F)(F)F)cn3)CC2)[C@H](C)O)cn[nH]c1=O. The van der Waals surface area contributed by atoms with Crippen molar-refractivity contribution in [3.8, 4) is 0 Å². The van der Waals surface area contributed by atoms with Crippen LogP contribution in [0.3, 0.4) is 0 Å². The quantitative estimate of drug-likeness (QED) is 0.446. The van der Waals surface area contributed by atoms with Crippen molar-refractivity contribution < 1.29 is 27.8 Å². The van der Waals surface area contributed by atoms with Crippen LogP contribution in [0.15, 0.2) is 23.4 Å². The molecule has 1 saturated heterocycles. The molecule has 2 aromatic rings. The number of nitrogens with one attached hydrogen (secondary N) is 2. The van der Waals surface area contributed by atoms with Crippen LogP contribution in [-0.2, 0) is 15.7 Å². The minimum absolute atomic E-state index is 0.0898. The summed E-state index contributed by atoms with van der Waals surface area (Å²) in [6.07, 6.45) is -0.936. The number of aliphatic hydroxyl groups is 1. The maximum Gasteiger partial charge on any atom is 0.419 e. The Morgan fingerprint density at radius 1 is 1.29 bits per heavy atom. The highest BCUT2D eigenvalue weighted by Crippen LogP contribution is 2.30. The van der Waals surface area contributed by atoms with E-state index in [4.69, 9.17) is 4.74 Å². The van der Waals surface area contributed by atoms with Gasteiger partial charge in [-0.3, -0.25) is 9.59 Å². The van der Waals surface area contributed by atoms with Gasteiger partial charge in [-0.1, -0.05) is 0 Å². The average molecular weight is 499 g/mol. The standard InChI is InChI=1S/C22H29F3N6O4/c1-13-17(11-28-30-21(13)34)29-18(14(2)32)12-35-8-5-19(33)31-6-3-15(4-7-31)20-26-9-16(10-27-20)22(23,24)25/h9-11,14-15,18,32H,3-8,12H2,1-2H3,(H2,29,30,34)/t14-,18+/m0/s1. The number of rotatable bonds is 9. The number of carbonyl (C=O) groups is 1. The first kappa shape index (κ1) is 26.5. The molecule has 0 spiro atoms. The van der Waals surface area contributed by atoms with E-state index in [1.807, 2.05) is 0 Å². The molecule has 0 aromatic carbocycles. The Labute approximate surface area is 199 Å². The van der Waals surface area contributed by atoms with Gasteiger partial charge in [0.2, 0.25) is 5.91 Å². The van der Waals surface area contributed by atoms with Gasteiger partial charge in [0.1, 0.15) is 5.82 Å². The number of likely N-dealkylation sites (tertiary alicyclic amines) is 1. The number of nitrogens with zero attached hydrogens (tertiary/aromatic N) is 4. The maximum absolute atomic E-state index is 12.7. The number of H-pyrrole nitrogens is 1. The summed E-state index contributed by atoms with van der Waals surface area (Å²) >= 11 is 0. The zero-order valence-corrected chi connectivity index (χ0v) is 19.5. The van der Waals surface area contributed by atoms with Crippen LogP contribution in [0, 0.1) is 6.92 Å². The van der Waals surface area contributed by atoms with E-state index in [1.54, 1.807) is 18.7 Å². The third-order valence-electron chi connectivity index (χ3n) is 6.00. The zero-order valence-electron chi connectivity index (χ0n) is 19.5. The number of amides is 1. The molecule has 3 heterocycles. The van der Waals surface area contributed by atoms with Gasteiger partial charge >= 0.3 is 6.18 Å². The highest BCUT2D eigenvalue weighted by molar-refractivity contribution is 5.76. The molecule has 0 radical (unpaired) electrons. The lowest BCUT2D eigenvalue weighted by atomic mass is 9.95. The largest absolute Gasteiger partial charge is 0.419 e. The van der Waals surface area contributed by atoms with E-state index in [2.05, 4.69) is 25.5 Å². The van der Waals surface area contributed by atoms with Crippen molar-refractivity contribution in [2.75, 3.05) is 31.6 Å². The lowest BCUT2D eigenvalue weighted by molar-refractivity contribution is -0.138. The molecule has 35 heavy (non-hydrogen) atoms. The molecule has 0 aliphatic carbocycles. The molecule has 1 amide bonds. The summed E-state index contributed by atoms with van der Waals surface area (Å²) in [6, 6.07) is -0.508. The van der Waals surface area contributed by atoms with E-state index in [0.29, 0.717) is 43.0 Å². The number of ether oxygens (including phenoxy) is 1. The van der Waals surface area contributed by atoms with Gasteiger partial charge in [-0.25, -0.2) is 15.1 Å². The molecular formula is C22H29F3N6O4. The van der Waals surface area contributed by atoms with Gasteiger partial charge in [0.15, 0.2) is 0 Å². The Balaban J connectivity index is 1.41. The smallest absolute Gasteiger partial charge is 0.391 e. The topological polar surface area (TPSA) is 133 Å². The number of aliphatic hydroxyl groups excluding tert-OH is 1. The third kappa shape index (κ3) is 7.21. The summed E-state index contributed by atoms with van der Waals surface area (Å²) in [4.78, 5) is 33.6. The summed E-state index contributed by atoms with van der Waals surface area (Å²) in [7, 11) is 0. The summed E-state index contributed by atoms with van der Waals surface area (Å²) in [5.41, 5.74) is -0.296. The molecule has 3 rings (SSSR count). The molecule has 0 saturated carbocycles. The molecule has 2 aromatic heterocycles. The molecule has 13 heteroatoms. The van der Waals surface area contributed by atoms with Gasteiger partial charge in [0.05, 0.1) is 49.2 Å². The van der Waals surface area contributed by atoms with Gasteiger partial charge in [-0.15, -0.1) is 0 Å². The first-order valence-corrected chi connectivity index (χ1v) is 11.3. The monoisotopic (exact) mass is 498 g/mol. The number of hydrogen-bond acceptors (Lipinski definition) is 8. The van der Waals surface area contributed by atoms with Crippen molar-refractivity contribution in [3.63, 3.8) is 0 Å². The van der Waals surface area contributed by atoms with Crippen molar-refractivity contribution in [2.24, 2.45) is 0 Å². The van der Waals surface area contributed by atoms with Gasteiger partial charge < -0.3 is 20.1 Å². The van der Waals surface area contributed by atoms with E-state index in [0.717, 1.165) is 12.4 Å². The second-order valence-corrected chi connectivity index (χ2v) is 8.54. The van der Waals surface area contributed by atoms with Crippen molar-refractivity contribution in [2.45, 2.75) is 57.3 Å². The highest BCUT2D eigenvalue weighted by atomic mass is 19.4. The van der Waals surface area contributed by atoms with E-state index in [-0.39, 0.29) is 37.0 Å². The number of aromatic amines is 1. The van der Waals surface area contributed by atoms with Crippen LogP contribution < -0.4 is 10.9 Å². The molecule has 2 atom stereocenters. The highest BCUT2D eigenvalue weighted by Gasteiger charge is 2.32. The Morgan fingerprint density at radius 3 is 2.54 bits per heavy atom. The van der Waals surface area contributed by atoms with Crippen LogP contribution in [0.1, 0.15) is 49.1 Å². The van der Waals surface area contributed by atoms with Crippen molar-refractivity contribution in [1.82, 2.24) is 25.1 Å². The Hall–Kier alpha value is -3.06. The molecule has 192 valence electrons. The summed E-state index contributed by atoms with van der Waals surface area (Å²) < 4.78 is 43.6. The first-order chi connectivity index (χ1) is 16.6. The van der Waals surface area contributed by atoms with Crippen LogP contribution in [0.25, 0.3) is 0 Å². The third-order valence-corrected chi connectivity index (χ3v) is 6.00. The van der Waals surface area contributed by atoms with Crippen LogP contribution in [-0.4, -0.2) is 74.5 Å². The first-order valence-electron chi connectivity index (χ1n) is 11.3. The fraction of sp³-hybridized carbons (Fsp3) is 0.591. The zero-order chi connectivity index (χ0) is 25.6. The van der Waals surface area contributed by atoms with Crippen molar-refractivity contribution in [3.05, 3.63) is 45.9 Å². The Morgan fingerprint density at radius 2 is 1.94 bits per heavy atom. The van der Waals surface area contributed by atoms with Gasteiger partial charge in [0, 0.05) is 37.0 Å². The van der Waals surface area contributed by atoms with Crippen LogP contribution in [0.5, 0.6) is 0 Å². The molecule has 3 N–H and O–H groups in total. The van der Waals surface area contributed by atoms with Gasteiger partial charge in [-0.2, -0.15) is 18.3 Å². The molecule has 1 fully saturated rings. The molecule has 0 unspecified atom stereocenters. The fourth-order valence-corrected chi connectivity index (χ4v) is 3.72. The summed E-state index contributed by atoms with van der Waals surface area (Å²) in [5, 5.41) is 19.1. The number of aromatic nitrogens is 4.